The third-order valence-corrected chi connectivity index (χ3v) is 5.14. The first-order chi connectivity index (χ1) is 12.4. The first kappa shape index (κ1) is 18.2. The van der Waals surface area contributed by atoms with E-state index >= 15 is 0 Å². The second-order valence-corrected chi connectivity index (χ2v) is 6.93. The van der Waals surface area contributed by atoms with E-state index in [2.05, 4.69) is 5.32 Å². The third-order valence-electron chi connectivity index (χ3n) is 5.14. The van der Waals surface area contributed by atoms with Gasteiger partial charge >= 0.3 is 5.97 Å². The Balaban J connectivity index is 1.70. The van der Waals surface area contributed by atoms with Crippen molar-refractivity contribution in [2.24, 2.45) is 0 Å². The molecule has 1 saturated heterocycles. The number of likely N-dealkylation sites (N-methyl/N-ethyl adjacent to an activating group) is 1. The molecule has 0 spiro atoms. The predicted octanol–water partition coefficient (Wildman–Crippen LogP) is 2.23. The minimum atomic E-state index is -0.845. The number of nitrogens with one attached hydrogen (secondary N) is 1. The molecule has 0 aliphatic carbocycles. The summed E-state index contributed by atoms with van der Waals surface area (Å²) in [6, 6.07) is 11.1. The number of benzene rings is 2. The van der Waals surface area contributed by atoms with Crippen molar-refractivity contribution in [3.63, 3.8) is 0 Å². The van der Waals surface area contributed by atoms with Gasteiger partial charge in [-0.15, -0.1) is 0 Å². The molecular weight excluding hydrogens is 332 g/mol. The average molecular weight is 356 g/mol. The fourth-order valence-corrected chi connectivity index (χ4v) is 3.51. The smallest absolute Gasteiger partial charge is 0.320 e. The van der Waals surface area contributed by atoms with Gasteiger partial charge in [-0.05, 0) is 48.9 Å². The van der Waals surface area contributed by atoms with Gasteiger partial charge < -0.3 is 15.2 Å². The van der Waals surface area contributed by atoms with E-state index in [1.165, 1.54) is 0 Å². The van der Waals surface area contributed by atoms with Crippen LogP contribution in [0.5, 0.6) is 5.75 Å². The van der Waals surface area contributed by atoms with Gasteiger partial charge in [0, 0.05) is 12.6 Å². The molecular formula is C20H24N2O4. The van der Waals surface area contributed by atoms with E-state index in [4.69, 9.17) is 4.74 Å². The van der Waals surface area contributed by atoms with Crippen molar-refractivity contribution in [3.05, 3.63) is 42.0 Å². The number of carboxylic acid groups (broad SMARTS) is 1. The van der Waals surface area contributed by atoms with Crippen LogP contribution >= 0.6 is 0 Å². The number of nitrogens with zero attached hydrogens (tertiary/aromatic N) is 1. The van der Waals surface area contributed by atoms with Gasteiger partial charge in [0.05, 0.1) is 13.0 Å². The van der Waals surface area contributed by atoms with Crippen LogP contribution in [-0.4, -0.2) is 54.7 Å². The first-order valence-electron chi connectivity index (χ1n) is 8.70. The van der Waals surface area contributed by atoms with Crippen molar-refractivity contribution in [2.75, 3.05) is 20.7 Å². The van der Waals surface area contributed by atoms with Crippen LogP contribution in [0.15, 0.2) is 36.4 Å². The summed E-state index contributed by atoms with van der Waals surface area (Å²) in [5, 5.41) is 14.3. The minimum absolute atomic E-state index is 0.0812. The average Bonchev–Trinajstić information content (AvgIpc) is 3.00. The lowest BCUT2D eigenvalue weighted by atomic mass is 9.96. The van der Waals surface area contributed by atoms with Crippen LogP contribution < -0.4 is 10.1 Å². The second kappa shape index (κ2) is 7.33. The van der Waals surface area contributed by atoms with Crippen LogP contribution in [0, 0.1) is 0 Å². The predicted molar refractivity (Wildman–Crippen MR) is 99.5 cm³/mol. The Morgan fingerprint density at radius 3 is 2.58 bits per heavy atom. The van der Waals surface area contributed by atoms with E-state index in [1.807, 2.05) is 43.3 Å². The molecule has 0 radical (unpaired) electrons. The molecule has 0 bridgehead atoms. The summed E-state index contributed by atoms with van der Waals surface area (Å²) in [5.41, 5.74) is 0.932. The minimum Gasteiger partial charge on any atom is -0.497 e. The Hall–Kier alpha value is -2.60. The fourth-order valence-electron chi connectivity index (χ4n) is 3.51. The Kier molecular flexibility index (Phi) is 5.13. The summed E-state index contributed by atoms with van der Waals surface area (Å²) in [5.74, 6) is -0.436. The highest BCUT2D eigenvalue weighted by Crippen LogP contribution is 2.26. The molecule has 1 aliphatic heterocycles. The lowest BCUT2D eigenvalue weighted by Gasteiger charge is -2.17. The highest BCUT2D eigenvalue weighted by Gasteiger charge is 2.35. The Labute approximate surface area is 152 Å². The van der Waals surface area contributed by atoms with Crippen molar-refractivity contribution >= 4 is 22.6 Å². The van der Waals surface area contributed by atoms with Gasteiger partial charge in [0.1, 0.15) is 11.8 Å². The van der Waals surface area contributed by atoms with Gasteiger partial charge in [-0.2, -0.15) is 0 Å². The van der Waals surface area contributed by atoms with Crippen molar-refractivity contribution in [3.8, 4) is 5.75 Å². The van der Waals surface area contributed by atoms with Crippen LogP contribution in [0.25, 0.3) is 10.8 Å². The molecule has 6 heteroatoms. The molecule has 1 aliphatic rings. The SMILES string of the molecule is COc1ccc2cc([C@H](C)C(=O)N[C@H]3C[C@@H](C(=O)O)N(C)C3)ccc2c1. The standard InChI is InChI=1S/C20H24N2O4/c1-12(19(23)21-16-10-18(20(24)25)22(2)11-16)13-4-5-15-9-17(26-3)7-6-14(15)8-13/h4-9,12,16,18H,10-11H2,1-3H3,(H,21,23)(H,24,25)/t12-,16-,18-/m0/s1. The van der Waals surface area contributed by atoms with Gasteiger partial charge in [-0.25, -0.2) is 0 Å². The second-order valence-electron chi connectivity index (χ2n) is 6.93. The van der Waals surface area contributed by atoms with Crippen LogP contribution in [0.4, 0.5) is 0 Å². The molecule has 0 saturated carbocycles. The largest absolute Gasteiger partial charge is 0.497 e. The maximum Gasteiger partial charge on any atom is 0.320 e. The first-order valence-corrected chi connectivity index (χ1v) is 8.70. The van der Waals surface area contributed by atoms with Crippen molar-refractivity contribution < 1.29 is 19.4 Å². The van der Waals surface area contributed by atoms with Crippen LogP contribution in [-0.2, 0) is 9.59 Å². The number of likely N-dealkylation sites (tertiary alicyclic amines) is 1. The van der Waals surface area contributed by atoms with Crippen LogP contribution in [0.3, 0.4) is 0 Å². The molecule has 0 aromatic heterocycles. The molecule has 6 nitrogen and oxygen atoms in total. The van der Waals surface area contributed by atoms with Crippen molar-refractivity contribution in [2.45, 2.75) is 31.3 Å². The zero-order chi connectivity index (χ0) is 18.8. The normalized spacial score (nSPS) is 21.5. The molecule has 1 heterocycles. The zero-order valence-corrected chi connectivity index (χ0v) is 15.2. The van der Waals surface area contributed by atoms with Crippen LogP contribution in [0.1, 0.15) is 24.8 Å². The lowest BCUT2D eigenvalue weighted by molar-refractivity contribution is -0.141. The number of ether oxygens (including phenoxy) is 1. The van der Waals surface area contributed by atoms with Crippen LogP contribution in [0.2, 0.25) is 0 Å². The number of methoxy groups -OCH3 is 1. The molecule has 1 amide bonds. The fraction of sp³-hybridized carbons (Fsp3) is 0.400. The van der Waals surface area contributed by atoms with Gasteiger partial charge in [0.25, 0.3) is 0 Å². The zero-order valence-electron chi connectivity index (χ0n) is 15.2. The summed E-state index contributed by atoms with van der Waals surface area (Å²) in [6.07, 6.45) is 0.432. The van der Waals surface area contributed by atoms with E-state index in [1.54, 1.807) is 19.1 Å². The summed E-state index contributed by atoms with van der Waals surface area (Å²) in [6.45, 7) is 2.42. The van der Waals surface area contributed by atoms with E-state index in [0.717, 1.165) is 22.1 Å². The number of fused-ring (bicyclic) bond motifs is 1. The Morgan fingerprint density at radius 1 is 1.23 bits per heavy atom. The van der Waals surface area contributed by atoms with E-state index in [9.17, 15) is 14.7 Å². The molecule has 2 aromatic rings. The molecule has 2 N–H and O–H groups in total. The maximum atomic E-state index is 12.6. The van der Waals surface area contributed by atoms with Crippen molar-refractivity contribution in [1.82, 2.24) is 10.2 Å². The summed E-state index contributed by atoms with van der Waals surface area (Å²) in [7, 11) is 3.41. The molecule has 0 unspecified atom stereocenters. The number of carbonyl (C=O) groups is 2. The third kappa shape index (κ3) is 3.65. The van der Waals surface area contributed by atoms with Gasteiger partial charge in [0.2, 0.25) is 5.91 Å². The van der Waals surface area contributed by atoms with Crippen molar-refractivity contribution in [1.29, 1.82) is 0 Å². The van der Waals surface area contributed by atoms with Gasteiger partial charge in [-0.3, -0.25) is 14.5 Å². The number of carboxylic acids is 1. The number of carbonyl (C=O) groups excluding carboxylic acids is 1. The van der Waals surface area contributed by atoms with E-state index < -0.39 is 12.0 Å². The molecule has 138 valence electrons. The number of aliphatic carboxylic acids is 1. The molecule has 3 atom stereocenters. The quantitative estimate of drug-likeness (QED) is 0.859. The summed E-state index contributed by atoms with van der Waals surface area (Å²) in [4.78, 5) is 25.6. The lowest BCUT2D eigenvalue weighted by Crippen LogP contribution is -2.38. The highest BCUT2D eigenvalue weighted by atomic mass is 16.5. The Bertz CT molecular complexity index is 836. The summed E-state index contributed by atoms with van der Waals surface area (Å²) < 4.78 is 5.24. The molecule has 26 heavy (non-hydrogen) atoms. The van der Waals surface area contributed by atoms with E-state index in [-0.39, 0.29) is 17.9 Å². The topological polar surface area (TPSA) is 78.9 Å². The summed E-state index contributed by atoms with van der Waals surface area (Å²) >= 11 is 0. The molecule has 1 fully saturated rings. The number of rotatable bonds is 5. The van der Waals surface area contributed by atoms with E-state index in [0.29, 0.717) is 13.0 Å². The Morgan fingerprint density at radius 2 is 1.92 bits per heavy atom. The monoisotopic (exact) mass is 356 g/mol. The molecule has 3 rings (SSSR count). The number of hydrogen-bond acceptors (Lipinski definition) is 4. The maximum absolute atomic E-state index is 12.6. The van der Waals surface area contributed by atoms with Gasteiger partial charge in [-0.1, -0.05) is 24.3 Å². The molecule has 2 aromatic carbocycles. The highest BCUT2D eigenvalue weighted by molar-refractivity contribution is 5.88. The number of amides is 1. The number of hydrogen-bond donors (Lipinski definition) is 2. The van der Waals surface area contributed by atoms with Gasteiger partial charge in [0.15, 0.2) is 0 Å².